The van der Waals surface area contributed by atoms with Gasteiger partial charge in [0.25, 0.3) is 5.91 Å². The molecule has 3 rings (SSSR count). The molecule has 1 saturated heterocycles. The zero-order chi connectivity index (χ0) is 19.2. The highest BCUT2D eigenvalue weighted by Gasteiger charge is 2.21. The van der Waals surface area contributed by atoms with Crippen LogP contribution >= 0.6 is 0 Å². The van der Waals surface area contributed by atoms with Crippen molar-refractivity contribution in [2.24, 2.45) is 0 Å². The maximum absolute atomic E-state index is 12.9. The van der Waals surface area contributed by atoms with Crippen LogP contribution in [-0.4, -0.2) is 78.7 Å². The van der Waals surface area contributed by atoms with Crippen LogP contribution in [0.4, 0.5) is 0 Å². The summed E-state index contributed by atoms with van der Waals surface area (Å²) < 4.78 is 10.7. The molecule has 1 atom stereocenters. The van der Waals surface area contributed by atoms with Crippen LogP contribution in [0.15, 0.2) is 36.7 Å². The van der Waals surface area contributed by atoms with Crippen molar-refractivity contribution >= 4 is 5.91 Å². The van der Waals surface area contributed by atoms with E-state index < -0.39 is 0 Å². The van der Waals surface area contributed by atoms with Crippen LogP contribution in [0, 0.1) is 0 Å². The topological polar surface area (TPSA) is 67.8 Å². The number of morpholine rings is 1. The third-order valence-corrected chi connectivity index (χ3v) is 4.79. The number of carbonyl (C=O) groups excluding carboxylic acids is 1. The van der Waals surface area contributed by atoms with Gasteiger partial charge in [0.2, 0.25) is 5.88 Å². The Bertz CT molecular complexity index is 777. The van der Waals surface area contributed by atoms with Gasteiger partial charge in [-0.3, -0.25) is 9.69 Å². The largest absolute Gasteiger partial charge is 0.479 e. The number of ether oxygens (including phenoxy) is 2. The second-order valence-electron chi connectivity index (χ2n) is 6.68. The van der Waals surface area contributed by atoms with Gasteiger partial charge in [-0.25, -0.2) is 9.97 Å². The lowest BCUT2D eigenvalue weighted by Gasteiger charge is -2.34. The number of hydrogen-bond acceptors (Lipinski definition) is 6. The second kappa shape index (κ2) is 8.92. The van der Waals surface area contributed by atoms with Crippen molar-refractivity contribution in [3.8, 4) is 17.1 Å². The molecule has 7 heteroatoms. The minimum Gasteiger partial charge on any atom is -0.479 e. The van der Waals surface area contributed by atoms with E-state index in [0.717, 1.165) is 31.9 Å². The van der Waals surface area contributed by atoms with Gasteiger partial charge in [0, 0.05) is 56.2 Å². The molecule has 0 spiro atoms. The van der Waals surface area contributed by atoms with E-state index in [-0.39, 0.29) is 11.9 Å². The number of carbonyl (C=O) groups is 1. The molecule has 0 saturated carbocycles. The van der Waals surface area contributed by atoms with Gasteiger partial charge < -0.3 is 14.4 Å². The Morgan fingerprint density at radius 2 is 2.04 bits per heavy atom. The summed E-state index contributed by atoms with van der Waals surface area (Å²) in [4.78, 5) is 25.6. The summed E-state index contributed by atoms with van der Waals surface area (Å²) in [6, 6.07) is 7.71. The number of hydrogen-bond donors (Lipinski definition) is 0. The zero-order valence-corrected chi connectivity index (χ0v) is 16.1. The third kappa shape index (κ3) is 4.61. The Hall–Kier alpha value is -2.51. The van der Waals surface area contributed by atoms with Crippen molar-refractivity contribution in [3.05, 3.63) is 42.2 Å². The predicted octanol–water partition coefficient (Wildman–Crippen LogP) is 1.94. The summed E-state index contributed by atoms with van der Waals surface area (Å²) in [7, 11) is 3.40. The van der Waals surface area contributed by atoms with E-state index in [0.29, 0.717) is 23.7 Å². The summed E-state index contributed by atoms with van der Waals surface area (Å²) in [6.45, 7) is 6.14. The molecule has 1 amide bonds. The lowest BCUT2D eigenvalue weighted by molar-refractivity contribution is 0.0142. The number of nitrogens with zero attached hydrogens (tertiary/aromatic N) is 4. The van der Waals surface area contributed by atoms with Gasteiger partial charge in [0.1, 0.15) is 5.69 Å². The lowest BCUT2D eigenvalue weighted by atomic mass is 10.1. The van der Waals surface area contributed by atoms with E-state index in [1.54, 1.807) is 24.4 Å². The van der Waals surface area contributed by atoms with Gasteiger partial charge in [-0.2, -0.15) is 0 Å². The highest BCUT2D eigenvalue weighted by molar-refractivity contribution is 5.95. The SMILES string of the molecule is COc1nccnc1-c1cccc(C(=O)N(C)C[C@H](C)N2CCOCC2)c1. The first-order valence-corrected chi connectivity index (χ1v) is 9.13. The minimum atomic E-state index is -0.0141. The average molecular weight is 370 g/mol. The molecule has 1 aromatic heterocycles. The van der Waals surface area contributed by atoms with Crippen molar-refractivity contribution in [2.45, 2.75) is 13.0 Å². The molecule has 27 heavy (non-hydrogen) atoms. The molecule has 1 aliphatic heterocycles. The fraction of sp³-hybridized carbons (Fsp3) is 0.450. The number of rotatable bonds is 6. The minimum absolute atomic E-state index is 0.0141. The van der Waals surface area contributed by atoms with E-state index in [9.17, 15) is 4.79 Å². The first-order chi connectivity index (χ1) is 13.1. The fourth-order valence-electron chi connectivity index (χ4n) is 3.31. The molecule has 2 aromatic rings. The van der Waals surface area contributed by atoms with Crippen LogP contribution in [0.2, 0.25) is 0 Å². The molecule has 0 aliphatic carbocycles. The molecule has 1 fully saturated rings. The fourth-order valence-corrected chi connectivity index (χ4v) is 3.31. The van der Waals surface area contributed by atoms with E-state index >= 15 is 0 Å². The molecule has 144 valence electrons. The Labute approximate surface area is 159 Å². The van der Waals surface area contributed by atoms with Crippen molar-refractivity contribution in [1.29, 1.82) is 0 Å². The summed E-state index contributed by atoms with van der Waals surface area (Å²) in [5.41, 5.74) is 2.05. The Kier molecular flexibility index (Phi) is 6.36. The van der Waals surface area contributed by atoms with E-state index in [1.165, 1.54) is 0 Å². The molecule has 0 unspecified atom stereocenters. The monoisotopic (exact) mass is 370 g/mol. The molecule has 7 nitrogen and oxygen atoms in total. The first kappa shape index (κ1) is 19.3. The Morgan fingerprint density at radius 1 is 1.30 bits per heavy atom. The van der Waals surface area contributed by atoms with Gasteiger partial charge in [-0.1, -0.05) is 12.1 Å². The van der Waals surface area contributed by atoms with Gasteiger partial charge in [0.15, 0.2) is 0 Å². The average Bonchev–Trinajstić information content (AvgIpc) is 2.73. The maximum atomic E-state index is 12.9. The number of likely N-dealkylation sites (N-methyl/N-ethyl adjacent to an activating group) is 1. The molecule has 2 heterocycles. The van der Waals surface area contributed by atoms with E-state index in [1.807, 2.05) is 31.3 Å². The summed E-state index contributed by atoms with van der Waals surface area (Å²) in [5, 5.41) is 0. The standard InChI is InChI=1S/C20H26N4O3/c1-15(24-9-11-27-12-10-24)14-23(2)20(25)17-6-4-5-16(13-17)18-19(26-3)22-8-7-21-18/h4-8,13,15H,9-12,14H2,1-3H3/t15-/m0/s1. The summed E-state index contributed by atoms with van der Waals surface area (Å²) in [6.07, 6.45) is 3.20. The third-order valence-electron chi connectivity index (χ3n) is 4.79. The van der Waals surface area contributed by atoms with E-state index in [2.05, 4.69) is 21.8 Å². The summed E-state index contributed by atoms with van der Waals surface area (Å²) in [5.74, 6) is 0.427. The van der Waals surface area contributed by atoms with Crippen molar-refractivity contribution < 1.29 is 14.3 Å². The first-order valence-electron chi connectivity index (χ1n) is 9.13. The number of aromatic nitrogens is 2. The number of methoxy groups -OCH3 is 1. The molecule has 0 bridgehead atoms. The van der Waals surface area contributed by atoms with Gasteiger partial charge in [0.05, 0.1) is 20.3 Å². The number of amides is 1. The molecular weight excluding hydrogens is 344 g/mol. The molecular formula is C20H26N4O3. The molecule has 0 radical (unpaired) electrons. The maximum Gasteiger partial charge on any atom is 0.253 e. The van der Waals surface area contributed by atoms with Gasteiger partial charge >= 0.3 is 0 Å². The van der Waals surface area contributed by atoms with Crippen LogP contribution in [0.5, 0.6) is 5.88 Å². The van der Waals surface area contributed by atoms with Gasteiger partial charge in [-0.05, 0) is 19.1 Å². The molecule has 1 aromatic carbocycles. The molecule has 0 N–H and O–H groups in total. The normalized spacial score (nSPS) is 16.0. The highest BCUT2D eigenvalue weighted by atomic mass is 16.5. The summed E-state index contributed by atoms with van der Waals surface area (Å²) >= 11 is 0. The lowest BCUT2D eigenvalue weighted by Crippen LogP contribution is -2.47. The van der Waals surface area contributed by atoms with Crippen LogP contribution in [0.1, 0.15) is 17.3 Å². The van der Waals surface area contributed by atoms with E-state index in [4.69, 9.17) is 9.47 Å². The van der Waals surface area contributed by atoms with Crippen LogP contribution in [-0.2, 0) is 4.74 Å². The van der Waals surface area contributed by atoms with Gasteiger partial charge in [-0.15, -0.1) is 0 Å². The Morgan fingerprint density at radius 3 is 2.78 bits per heavy atom. The quantitative estimate of drug-likeness (QED) is 0.774. The highest BCUT2D eigenvalue weighted by Crippen LogP contribution is 2.26. The predicted molar refractivity (Wildman–Crippen MR) is 103 cm³/mol. The van der Waals surface area contributed by atoms with Crippen molar-refractivity contribution in [3.63, 3.8) is 0 Å². The van der Waals surface area contributed by atoms with Crippen molar-refractivity contribution in [1.82, 2.24) is 19.8 Å². The number of benzene rings is 1. The van der Waals surface area contributed by atoms with Crippen LogP contribution in [0.3, 0.4) is 0 Å². The zero-order valence-electron chi connectivity index (χ0n) is 16.1. The Balaban J connectivity index is 1.73. The smallest absolute Gasteiger partial charge is 0.253 e. The van der Waals surface area contributed by atoms with Crippen LogP contribution < -0.4 is 4.74 Å². The molecule has 1 aliphatic rings. The second-order valence-corrected chi connectivity index (χ2v) is 6.68. The van der Waals surface area contributed by atoms with Crippen LogP contribution in [0.25, 0.3) is 11.3 Å². The van der Waals surface area contributed by atoms with Crippen molar-refractivity contribution in [2.75, 3.05) is 47.0 Å².